The van der Waals surface area contributed by atoms with Crippen molar-refractivity contribution in [2.24, 2.45) is 4.99 Å². The summed E-state index contributed by atoms with van der Waals surface area (Å²) in [6.07, 6.45) is 2.65. The van der Waals surface area contributed by atoms with Crippen LogP contribution in [0.5, 0.6) is 5.75 Å². The lowest BCUT2D eigenvalue weighted by Crippen LogP contribution is -2.48. The molecule has 0 aromatic heterocycles. The van der Waals surface area contributed by atoms with E-state index in [1.54, 1.807) is 33.1 Å². The molecule has 0 radical (unpaired) electrons. The van der Waals surface area contributed by atoms with E-state index in [0.29, 0.717) is 40.5 Å². The van der Waals surface area contributed by atoms with Gasteiger partial charge in [0.25, 0.3) is 5.91 Å². The second kappa shape index (κ2) is 13.4. The van der Waals surface area contributed by atoms with E-state index >= 15 is 0 Å². The number of Topliss-reactive ketones (excluding diaryl/α,β-unsaturated/α-hetero) is 1. The maximum atomic E-state index is 14.7. The highest BCUT2D eigenvalue weighted by Crippen LogP contribution is 2.29. The number of carbonyl (C=O) groups excluding carboxylic acids is 2. The first-order chi connectivity index (χ1) is 19.2. The van der Waals surface area contributed by atoms with Crippen molar-refractivity contribution in [2.45, 2.75) is 58.7 Å². The largest absolute Gasteiger partial charge is 0.497 e. The Kier molecular flexibility index (Phi) is 9.98. The summed E-state index contributed by atoms with van der Waals surface area (Å²) in [6, 6.07) is 13.1. The monoisotopic (exact) mass is 568 g/mol. The van der Waals surface area contributed by atoms with Gasteiger partial charge in [-0.1, -0.05) is 11.6 Å². The maximum absolute atomic E-state index is 14.7. The second-order valence-corrected chi connectivity index (χ2v) is 11.0. The molecular weight excluding hydrogens is 531 g/mol. The van der Waals surface area contributed by atoms with E-state index < -0.39 is 0 Å². The van der Waals surface area contributed by atoms with Gasteiger partial charge < -0.3 is 19.9 Å². The predicted molar refractivity (Wildman–Crippen MR) is 158 cm³/mol. The van der Waals surface area contributed by atoms with Crippen LogP contribution in [0.3, 0.4) is 0 Å². The average molecular weight is 569 g/mol. The molecule has 1 fully saturated rings. The van der Waals surface area contributed by atoms with Crippen molar-refractivity contribution in [1.82, 2.24) is 10.2 Å². The van der Waals surface area contributed by atoms with Crippen LogP contribution in [0.4, 0.5) is 10.1 Å². The minimum Gasteiger partial charge on any atom is -0.497 e. The third-order valence-corrected chi connectivity index (χ3v) is 8.24. The highest BCUT2D eigenvalue weighted by molar-refractivity contribution is 6.30. The Labute approximate surface area is 241 Å². The first kappa shape index (κ1) is 29.7. The van der Waals surface area contributed by atoms with Gasteiger partial charge in [-0.05, 0) is 82.5 Å². The molecule has 214 valence electrons. The number of nitrogens with one attached hydrogen (secondary N) is 1. The number of benzene rings is 2. The fourth-order valence-corrected chi connectivity index (χ4v) is 5.68. The Morgan fingerprint density at radius 1 is 1.20 bits per heavy atom. The number of carbonyl (C=O) groups is 2. The number of ether oxygens (including phenoxy) is 1. The van der Waals surface area contributed by atoms with E-state index in [-0.39, 0.29) is 36.1 Å². The van der Waals surface area contributed by atoms with Gasteiger partial charge in [0.15, 0.2) is 5.78 Å². The van der Waals surface area contributed by atoms with Crippen LogP contribution in [0.25, 0.3) is 0 Å². The van der Waals surface area contributed by atoms with Gasteiger partial charge in [-0.25, -0.2) is 4.39 Å². The van der Waals surface area contributed by atoms with E-state index in [0.717, 1.165) is 43.8 Å². The van der Waals surface area contributed by atoms with Crippen LogP contribution >= 0.6 is 11.6 Å². The van der Waals surface area contributed by atoms with Crippen molar-refractivity contribution in [2.75, 3.05) is 38.2 Å². The van der Waals surface area contributed by atoms with Crippen LogP contribution < -0.4 is 15.0 Å². The number of anilines is 1. The number of halogens is 2. The molecule has 1 N–H and O–H groups in total. The number of dihydropyridines is 1. The highest BCUT2D eigenvalue weighted by atomic mass is 35.5. The molecule has 0 bridgehead atoms. The van der Waals surface area contributed by atoms with Gasteiger partial charge in [-0.3, -0.25) is 14.6 Å². The normalized spacial score (nSPS) is 17.4. The summed E-state index contributed by atoms with van der Waals surface area (Å²) in [4.78, 5) is 33.6. The number of rotatable bonds is 10. The van der Waals surface area contributed by atoms with Gasteiger partial charge in [-0.15, -0.1) is 0 Å². The van der Waals surface area contributed by atoms with Crippen LogP contribution in [0.2, 0.25) is 5.02 Å². The molecule has 2 aliphatic heterocycles. The summed E-state index contributed by atoms with van der Waals surface area (Å²) in [6.45, 7) is 8.49. The van der Waals surface area contributed by atoms with E-state index in [4.69, 9.17) is 16.3 Å². The van der Waals surface area contributed by atoms with Crippen LogP contribution in [-0.2, 0) is 16.1 Å². The number of ketones is 1. The third kappa shape index (κ3) is 7.09. The van der Waals surface area contributed by atoms with Gasteiger partial charge in [-0.2, -0.15) is 0 Å². The summed E-state index contributed by atoms with van der Waals surface area (Å²) in [5.74, 6) is 0.174. The number of hydrogen-bond acceptors (Lipinski definition) is 6. The zero-order valence-corrected chi connectivity index (χ0v) is 24.4. The molecule has 4 rings (SSSR count). The lowest BCUT2D eigenvalue weighted by Gasteiger charge is -2.42. The quantitative estimate of drug-likeness (QED) is 0.426. The summed E-state index contributed by atoms with van der Waals surface area (Å²) < 4.78 is 20.0. The minimum atomic E-state index is -0.263. The summed E-state index contributed by atoms with van der Waals surface area (Å²) in [5.41, 5.74) is 3.08. The number of nitrogens with zero attached hydrogens (tertiary/aromatic N) is 3. The number of amides is 1. The van der Waals surface area contributed by atoms with Gasteiger partial charge in [0.2, 0.25) is 0 Å². The Morgan fingerprint density at radius 2 is 1.90 bits per heavy atom. The van der Waals surface area contributed by atoms with Crippen molar-refractivity contribution in [1.29, 1.82) is 0 Å². The van der Waals surface area contributed by atoms with Gasteiger partial charge >= 0.3 is 0 Å². The Hall–Kier alpha value is -3.23. The second-order valence-electron chi connectivity index (χ2n) is 10.5. The Bertz CT molecular complexity index is 1290. The fourth-order valence-electron chi connectivity index (χ4n) is 5.49. The first-order valence-corrected chi connectivity index (χ1v) is 14.2. The summed E-state index contributed by atoms with van der Waals surface area (Å²) in [5, 5.41) is 3.50. The van der Waals surface area contributed by atoms with Crippen LogP contribution in [0.15, 0.2) is 58.6 Å². The molecule has 0 spiro atoms. The molecule has 7 nitrogen and oxygen atoms in total. The lowest BCUT2D eigenvalue weighted by atomic mass is 9.98. The SMILES string of the molecule is COc1ccc(N(Cc2cc(Cl)ccc2F)C2CCN(C(C)CCNC(=O)C3=C(C)C(=O)CN=C3C)CC2)cc1. The van der Waals surface area contributed by atoms with Crippen molar-refractivity contribution in [3.63, 3.8) is 0 Å². The summed E-state index contributed by atoms with van der Waals surface area (Å²) in [7, 11) is 1.64. The molecule has 0 aliphatic carbocycles. The minimum absolute atomic E-state index is 0.103. The molecular formula is C31H38ClFN4O3. The molecule has 2 aliphatic rings. The summed E-state index contributed by atoms with van der Waals surface area (Å²) >= 11 is 6.19. The standard InChI is InChI=1S/C31H38ClFN4O3/c1-20(11-14-34-31(39)30-21(2)29(38)18-35-22(30)3)36-15-12-26(13-16-36)37(25-6-8-27(40-4)9-7-25)19-23-17-24(32)5-10-28(23)33/h5-10,17,20,26H,11-16,18-19H2,1-4H3,(H,34,39). The van der Waals surface area contributed by atoms with E-state index in [1.165, 1.54) is 6.07 Å². The third-order valence-electron chi connectivity index (χ3n) is 8.01. The van der Waals surface area contributed by atoms with Crippen molar-refractivity contribution < 1.29 is 18.7 Å². The number of likely N-dealkylation sites (tertiary alicyclic amines) is 1. The van der Waals surface area contributed by atoms with Crippen LogP contribution in [-0.4, -0.2) is 67.7 Å². The molecule has 0 saturated carbocycles. The number of aliphatic imine (C=N–C) groups is 1. The molecule has 40 heavy (non-hydrogen) atoms. The molecule has 1 unspecified atom stereocenters. The molecule has 2 aromatic rings. The molecule has 1 amide bonds. The lowest BCUT2D eigenvalue weighted by molar-refractivity contribution is -0.118. The zero-order chi connectivity index (χ0) is 28.8. The number of piperidine rings is 1. The van der Waals surface area contributed by atoms with E-state index in [1.807, 2.05) is 24.3 Å². The highest BCUT2D eigenvalue weighted by Gasteiger charge is 2.28. The molecule has 1 atom stereocenters. The predicted octanol–water partition coefficient (Wildman–Crippen LogP) is 5.21. The van der Waals surface area contributed by atoms with Gasteiger partial charge in [0, 0.05) is 65.8 Å². The molecule has 2 aromatic carbocycles. The topological polar surface area (TPSA) is 74.2 Å². The Balaban J connectivity index is 1.36. The van der Waals surface area contributed by atoms with E-state index in [9.17, 15) is 14.0 Å². The van der Waals surface area contributed by atoms with Gasteiger partial charge in [0.05, 0.1) is 12.7 Å². The molecule has 2 heterocycles. The number of methoxy groups -OCH3 is 1. The van der Waals surface area contributed by atoms with Crippen molar-refractivity contribution in [3.05, 3.63) is 70.0 Å². The average Bonchev–Trinajstić information content (AvgIpc) is 2.96. The zero-order valence-electron chi connectivity index (χ0n) is 23.7. The smallest absolute Gasteiger partial charge is 0.253 e. The van der Waals surface area contributed by atoms with E-state index in [2.05, 4.69) is 27.0 Å². The first-order valence-electron chi connectivity index (χ1n) is 13.8. The Morgan fingerprint density at radius 3 is 2.58 bits per heavy atom. The fraction of sp³-hybridized carbons (Fsp3) is 0.452. The number of hydrogen-bond donors (Lipinski definition) is 1. The van der Waals surface area contributed by atoms with Crippen LogP contribution in [0, 0.1) is 5.82 Å². The van der Waals surface area contributed by atoms with Gasteiger partial charge in [0.1, 0.15) is 18.1 Å². The van der Waals surface area contributed by atoms with Crippen molar-refractivity contribution in [3.8, 4) is 5.75 Å². The molecule has 1 saturated heterocycles. The van der Waals surface area contributed by atoms with Crippen LogP contribution in [0.1, 0.15) is 45.6 Å². The van der Waals surface area contributed by atoms with Crippen molar-refractivity contribution >= 4 is 34.7 Å². The maximum Gasteiger partial charge on any atom is 0.253 e. The molecule has 9 heteroatoms.